The van der Waals surface area contributed by atoms with Gasteiger partial charge in [-0.05, 0) is 60.2 Å². The topological polar surface area (TPSA) is 56.8 Å². The van der Waals surface area contributed by atoms with Crippen molar-refractivity contribution in [3.05, 3.63) is 86.9 Å². The van der Waals surface area contributed by atoms with Crippen LogP contribution >= 0.6 is 47.0 Å². The van der Waals surface area contributed by atoms with Gasteiger partial charge in [0.25, 0.3) is 5.91 Å². The number of hydrogen-bond acceptors (Lipinski definition) is 5. The predicted octanol–water partition coefficient (Wildman–Crippen LogP) is 6.10. The molecule has 4 rings (SSSR count). The third kappa shape index (κ3) is 6.60. The van der Waals surface area contributed by atoms with Crippen LogP contribution in [0.15, 0.2) is 60.7 Å². The molecule has 0 radical (unpaired) electrons. The van der Waals surface area contributed by atoms with Crippen molar-refractivity contribution in [2.75, 3.05) is 43.5 Å². The lowest BCUT2D eigenvalue weighted by molar-refractivity contribution is 0.0975. The van der Waals surface area contributed by atoms with Crippen molar-refractivity contribution in [3.8, 4) is 5.75 Å². The summed E-state index contributed by atoms with van der Waals surface area (Å²) in [5.74, 6) is -0.238. The Hall–Kier alpha value is -2.55. The minimum absolute atomic E-state index is 0.152. The number of benzene rings is 3. The molecule has 1 aliphatic rings. The van der Waals surface area contributed by atoms with Gasteiger partial charge >= 0.3 is 0 Å². The van der Waals surface area contributed by atoms with Crippen molar-refractivity contribution in [1.29, 1.82) is 0 Å². The normalized spacial score (nSPS) is 13.8. The van der Waals surface area contributed by atoms with Gasteiger partial charge in [0.05, 0.1) is 17.7 Å². The van der Waals surface area contributed by atoms with Crippen LogP contribution in [0.25, 0.3) is 0 Å². The van der Waals surface area contributed by atoms with Gasteiger partial charge < -0.3 is 15.0 Å². The molecule has 2 N–H and O–H groups in total. The van der Waals surface area contributed by atoms with Crippen molar-refractivity contribution in [2.45, 2.75) is 6.54 Å². The van der Waals surface area contributed by atoms with E-state index < -0.39 is 5.91 Å². The second-order valence-electron chi connectivity index (χ2n) is 8.28. The molecule has 1 saturated heterocycles. The fraction of sp³-hybridized carbons (Fsp3) is 0.231. The molecular formula is C26H25Cl3N4O2S. The monoisotopic (exact) mass is 562 g/mol. The van der Waals surface area contributed by atoms with E-state index >= 15 is 0 Å². The summed E-state index contributed by atoms with van der Waals surface area (Å²) in [5.41, 5.74) is 3.25. The Morgan fingerprint density at radius 1 is 0.972 bits per heavy atom. The van der Waals surface area contributed by atoms with Crippen LogP contribution in [-0.4, -0.2) is 49.2 Å². The third-order valence-electron chi connectivity index (χ3n) is 5.90. The van der Waals surface area contributed by atoms with Gasteiger partial charge in [-0.25, -0.2) is 0 Å². The van der Waals surface area contributed by atoms with Crippen LogP contribution in [0.4, 0.5) is 11.4 Å². The molecule has 188 valence electrons. The molecule has 0 spiro atoms. The lowest BCUT2D eigenvalue weighted by atomic mass is 10.2. The van der Waals surface area contributed by atoms with Crippen LogP contribution in [0.5, 0.6) is 5.75 Å². The minimum atomic E-state index is -0.472. The van der Waals surface area contributed by atoms with Crippen molar-refractivity contribution >= 4 is 69.4 Å². The third-order valence-corrected chi connectivity index (χ3v) is 6.97. The largest absolute Gasteiger partial charge is 0.494 e. The first-order chi connectivity index (χ1) is 17.3. The highest BCUT2D eigenvalue weighted by Crippen LogP contribution is 2.32. The smallest absolute Gasteiger partial charge is 0.261 e. The predicted molar refractivity (Wildman–Crippen MR) is 152 cm³/mol. The number of amides is 1. The molecule has 3 aromatic carbocycles. The number of rotatable bonds is 6. The number of nitrogens with zero attached hydrogens (tertiary/aromatic N) is 2. The molecule has 0 atom stereocenters. The minimum Gasteiger partial charge on any atom is -0.494 e. The number of thiocarbonyl (C=S) groups is 1. The molecule has 1 heterocycles. The van der Waals surface area contributed by atoms with Crippen molar-refractivity contribution in [1.82, 2.24) is 10.2 Å². The van der Waals surface area contributed by atoms with E-state index in [1.54, 1.807) is 0 Å². The second-order valence-corrected chi connectivity index (χ2v) is 9.94. The van der Waals surface area contributed by atoms with Gasteiger partial charge in [0.15, 0.2) is 5.11 Å². The molecule has 1 fully saturated rings. The maximum absolute atomic E-state index is 12.7. The molecule has 3 aromatic rings. The Kier molecular flexibility index (Phi) is 8.93. The van der Waals surface area contributed by atoms with Gasteiger partial charge in [-0.2, -0.15) is 0 Å². The second kappa shape index (κ2) is 12.1. The number of carbonyl (C=O) groups excluding carboxylic acids is 1. The number of anilines is 2. The highest BCUT2D eigenvalue weighted by molar-refractivity contribution is 7.80. The van der Waals surface area contributed by atoms with Crippen LogP contribution < -0.4 is 20.3 Å². The van der Waals surface area contributed by atoms with Gasteiger partial charge in [-0.15, -0.1) is 0 Å². The molecule has 10 heteroatoms. The molecular weight excluding hydrogens is 539 g/mol. The van der Waals surface area contributed by atoms with E-state index in [2.05, 4.69) is 26.5 Å². The molecule has 6 nitrogen and oxygen atoms in total. The number of halogens is 3. The molecule has 0 bridgehead atoms. The Balaban J connectivity index is 1.30. The van der Waals surface area contributed by atoms with E-state index in [0.717, 1.165) is 54.7 Å². The number of carbonyl (C=O) groups is 1. The summed E-state index contributed by atoms with van der Waals surface area (Å²) in [4.78, 5) is 17.5. The summed E-state index contributed by atoms with van der Waals surface area (Å²) < 4.78 is 5.24. The summed E-state index contributed by atoms with van der Waals surface area (Å²) in [5, 5.41) is 7.21. The molecule has 1 aliphatic heterocycles. The number of hydrogen-bond donors (Lipinski definition) is 2. The average Bonchev–Trinajstić information content (AvgIpc) is 2.86. The highest BCUT2D eigenvalue weighted by Gasteiger charge is 2.19. The number of nitrogens with one attached hydrogen (secondary N) is 2. The van der Waals surface area contributed by atoms with Gasteiger partial charge in [-0.3, -0.25) is 15.0 Å². The lowest BCUT2D eigenvalue weighted by Crippen LogP contribution is -2.46. The summed E-state index contributed by atoms with van der Waals surface area (Å²) in [6.07, 6.45) is 0. The van der Waals surface area contributed by atoms with Gasteiger partial charge in [-0.1, -0.05) is 53.0 Å². The van der Waals surface area contributed by atoms with Crippen LogP contribution in [0.1, 0.15) is 15.9 Å². The summed E-state index contributed by atoms with van der Waals surface area (Å²) >= 11 is 23.8. The van der Waals surface area contributed by atoms with E-state index in [9.17, 15) is 4.79 Å². The first-order valence-corrected chi connectivity index (χ1v) is 12.8. The number of ether oxygens (including phenoxy) is 1. The number of piperazine rings is 1. The van der Waals surface area contributed by atoms with Crippen molar-refractivity contribution in [2.24, 2.45) is 0 Å². The van der Waals surface area contributed by atoms with Gasteiger partial charge in [0.1, 0.15) is 5.75 Å². The quantitative estimate of drug-likeness (QED) is 0.353. The van der Waals surface area contributed by atoms with Gasteiger partial charge in [0, 0.05) is 54.1 Å². The van der Waals surface area contributed by atoms with E-state index in [-0.39, 0.29) is 21.4 Å². The molecule has 0 unspecified atom stereocenters. The van der Waals surface area contributed by atoms with Crippen LogP contribution in [-0.2, 0) is 6.54 Å². The maximum atomic E-state index is 12.7. The Morgan fingerprint density at radius 2 is 1.67 bits per heavy atom. The Morgan fingerprint density at radius 3 is 2.33 bits per heavy atom. The summed E-state index contributed by atoms with van der Waals surface area (Å²) in [6.45, 7) is 4.62. The first kappa shape index (κ1) is 26.5. The molecule has 1 amide bonds. The van der Waals surface area contributed by atoms with Crippen molar-refractivity contribution in [3.63, 3.8) is 0 Å². The van der Waals surface area contributed by atoms with Crippen LogP contribution in [0, 0.1) is 0 Å². The van der Waals surface area contributed by atoms with E-state index in [1.807, 2.05) is 42.5 Å². The molecule has 0 saturated carbocycles. The lowest BCUT2D eigenvalue weighted by Gasteiger charge is -2.36. The van der Waals surface area contributed by atoms with E-state index in [0.29, 0.717) is 5.02 Å². The number of methoxy groups -OCH3 is 1. The summed E-state index contributed by atoms with van der Waals surface area (Å²) in [6, 6.07) is 18.9. The Labute approximate surface area is 231 Å². The fourth-order valence-corrected chi connectivity index (χ4v) is 5.03. The molecule has 0 aromatic heterocycles. The SMILES string of the molecule is COc1c(Cl)cc(Cl)cc1C(=O)NC(=S)Nc1ccc(N2CCN(Cc3ccccc3Cl)CC2)cc1. The zero-order valence-corrected chi connectivity index (χ0v) is 22.6. The molecule has 36 heavy (non-hydrogen) atoms. The van der Waals surface area contributed by atoms with Crippen LogP contribution in [0.3, 0.4) is 0 Å². The van der Waals surface area contributed by atoms with Crippen LogP contribution in [0.2, 0.25) is 15.1 Å². The Bertz CT molecular complexity index is 1250. The van der Waals surface area contributed by atoms with E-state index in [4.69, 9.17) is 51.8 Å². The zero-order valence-electron chi connectivity index (χ0n) is 19.6. The highest BCUT2D eigenvalue weighted by atomic mass is 35.5. The van der Waals surface area contributed by atoms with E-state index in [1.165, 1.54) is 19.2 Å². The fourth-order valence-electron chi connectivity index (χ4n) is 4.06. The average molecular weight is 564 g/mol. The van der Waals surface area contributed by atoms with Crippen molar-refractivity contribution < 1.29 is 9.53 Å². The summed E-state index contributed by atoms with van der Waals surface area (Å²) in [7, 11) is 1.43. The van der Waals surface area contributed by atoms with Gasteiger partial charge in [0.2, 0.25) is 0 Å². The first-order valence-electron chi connectivity index (χ1n) is 11.3. The maximum Gasteiger partial charge on any atom is 0.261 e. The molecule has 0 aliphatic carbocycles. The zero-order chi connectivity index (χ0) is 25.7. The standard InChI is InChI=1S/C26H25Cl3N4O2S/c1-35-24-21(14-18(27)15-23(24)29)25(34)31-26(36)30-19-6-8-20(9-7-19)33-12-10-32(11-13-33)16-17-4-2-3-5-22(17)28/h2-9,14-15H,10-13,16H2,1H3,(H2,30,31,34,36).